The largest absolute Gasteiger partial charge is 0.492 e. The van der Waals surface area contributed by atoms with E-state index < -0.39 is 0 Å². The van der Waals surface area contributed by atoms with Crippen LogP contribution in [0.4, 0.5) is 0 Å². The molecule has 0 spiro atoms. The molecular weight excluding hydrogens is 216 g/mol. The molecule has 2 N–H and O–H groups in total. The lowest BCUT2D eigenvalue weighted by molar-refractivity contribution is 0.0583. The Kier molecular flexibility index (Phi) is 4.34. The lowest BCUT2D eigenvalue weighted by Crippen LogP contribution is -2.27. The second kappa shape index (κ2) is 5.98. The Morgan fingerprint density at radius 3 is 2.94 bits per heavy atom. The number of rotatable bonds is 4. The fourth-order valence-corrected chi connectivity index (χ4v) is 2.21. The predicted molar refractivity (Wildman–Crippen MR) is 65.9 cm³/mol. The first kappa shape index (κ1) is 12.3. The van der Waals surface area contributed by atoms with Gasteiger partial charge in [-0.2, -0.15) is 0 Å². The summed E-state index contributed by atoms with van der Waals surface area (Å²) in [5.74, 6) is 1.29. The smallest absolute Gasteiger partial charge is 0.137 e. The Balaban J connectivity index is 2.06. The van der Waals surface area contributed by atoms with E-state index >= 15 is 0 Å². The maximum absolute atomic E-state index is 6.28. The van der Waals surface area contributed by atoms with E-state index in [0.29, 0.717) is 12.5 Å². The molecule has 0 aliphatic carbocycles. The van der Waals surface area contributed by atoms with Gasteiger partial charge in [-0.05, 0) is 37.3 Å². The second-order valence-corrected chi connectivity index (χ2v) is 4.36. The number of hydrogen-bond acceptors (Lipinski definition) is 4. The van der Waals surface area contributed by atoms with Crippen molar-refractivity contribution in [1.82, 2.24) is 4.98 Å². The van der Waals surface area contributed by atoms with Crippen LogP contribution in [0.1, 0.15) is 31.4 Å². The van der Waals surface area contributed by atoms with Crippen molar-refractivity contribution in [3.63, 3.8) is 0 Å². The molecule has 0 radical (unpaired) electrons. The quantitative estimate of drug-likeness (QED) is 0.867. The lowest BCUT2D eigenvalue weighted by Gasteiger charge is -2.27. The second-order valence-electron chi connectivity index (χ2n) is 4.36. The van der Waals surface area contributed by atoms with E-state index in [1.165, 1.54) is 0 Å². The summed E-state index contributed by atoms with van der Waals surface area (Å²) in [5.41, 5.74) is 7.34. The van der Waals surface area contributed by atoms with Gasteiger partial charge in [-0.25, -0.2) is 0 Å². The number of nitrogens with zero attached hydrogens (tertiary/aromatic N) is 1. The van der Waals surface area contributed by atoms with Gasteiger partial charge in [0.05, 0.1) is 12.8 Å². The highest BCUT2D eigenvalue weighted by atomic mass is 16.5. The Morgan fingerprint density at radius 2 is 2.24 bits per heavy atom. The van der Waals surface area contributed by atoms with Gasteiger partial charge in [-0.3, -0.25) is 4.98 Å². The molecule has 17 heavy (non-hydrogen) atoms. The molecule has 2 rings (SSSR count). The van der Waals surface area contributed by atoms with Crippen LogP contribution in [0, 0.1) is 5.92 Å². The first-order valence-corrected chi connectivity index (χ1v) is 6.22. The van der Waals surface area contributed by atoms with Crippen molar-refractivity contribution in [2.75, 3.05) is 19.8 Å². The van der Waals surface area contributed by atoms with Gasteiger partial charge in [0.15, 0.2) is 0 Å². The molecule has 0 saturated carbocycles. The third kappa shape index (κ3) is 3.17. The molecule has 1 aliphatic heterocycles. The van der Waals surface area contributed by atoms with E-state index in [0.717, 1.165) is 37.4 Å². The minimum Gasteiger partial charge on any atom is -0.492 e. The van der Waals surface area contributed by atoms with Crippen molar-refractivity contribution >= 4 is 0 Å². The number of hydrogen-bond donors (Lipinski definition) is 1. The fraction of sp³-hybridized carbons (Fsp3) is 0.615. The minimum atomic E-state index is 0.0341. The molecular formula is C13H20N2O2. The van der Waals surface area contributed by atoms with Gasteiger partial charge in [-0.1, -0.05) is 0 Å². The van der Waals surface area contributed by atoms with Gasteiger partial charge in [0.1, 0.15) is 5.75 Å². The number of nitrogens with two attached hydrogens (primary N) is 1. The van der Waals surface area contributed by atoms with Crippen LogP contribution < -0.4 is 10.5 Å². The SMILES string of the molecule is CCOc1cncc(C(N)C2CCOCC2)c1. The van der Waals surface area contributed by atoms with Gasteiger partial charge >= 0.3 is 0 Å². The summed E-state index contributed by atoms with van der Waals surface area (Å²) >= 11 is 0. The van der Waals surface area contributed by atoms with Gasteiger partial charge < -0.3 is 15.2 Å². The average Bonchev–Trinajstić information content (AvgIpc) is 2.40. The van der Waals surface area contributed by atoms with E-state index in [9.17, 15) is 0 Å². The summed E-state index contributed by atoms with van der Waals surface area (Å²) in [7, 11) is 0. The van der Waals surface area contributed by atoms with E-state index in [1.54, 1.807) is 6.20 Å². The summed E-state index contributed by atoms with van der Waals surface area (Å²) in [4.78, 5) is 4.18. The number of pyridine rings is 1. The molecule has 1 aliphatic rings. The molecule has 4 heteroatoms. The number of ether oxygens (including phenoxy) is 2. The van der Waals surface area contributed by atoms with Crippen LogP contribution in [0.15, 0.2) is 18.5 Å². The molecule has 4 nitrogen and oxygen atoms in total. The molecule has 2 heterocycles. The molecule has 1 saturated heterocycles. The van der Waals surface area contributed by atoms with Crippen LogP contribution in [-0.2, 0) is 4.74 Å². The van der Waals surface area contributed by atoms with Crippen molar-refractivity contribution in [1.29, 1.82) is 0 Å². The van der Waals surface area contributed by atoms with Crippen LogP contribution in [0.3, 0.4) is 0 Å². The summed E-state index contributed by atoms with van der Waals surface area (Å²) < 4.78 is 10.8. The Bertz CT molecular complexity index is 351. The van der Waals surface area contributed by atoms with Gasteiger partial charge in [0.2, 0.25) is 0 Å². The van der Waals surface area contributed by atoms with Crippen molar-refractivity contribution < 1.29 is 9.47 Å². The molecule has 1 aromatic heterocycles. The van der Waals surface area contributed by atoms with E-state index in [1.807, 2.05) is 19.2 Å². The Labute approximate surface area is 102 Å². The van der Waals surface area contributed by atoms with Crippen LogP contribution in [0.5, 0.6) is 5.75 Å². The molecule has 1 atom stereocenters. The highest BCUT2D eigenvalue weighted by molar-refractivity contribution is 5.26. The monoisotopic (exact) mass is 236 g/mol. The normalized spacial score (nSPS) is 18.9. The molecule has 1 fully saturated rings. The lowest BCUT2D eigenvalue weighted by atomic mass is 9.88. The first-order valence-electron chi connectivity index (χ1n) is 6.22. The topological polar surface area (TPSA) is 57.4 Å². The summed E-state index contributed by atoms with van der Waals surface area (Å²) in [6.45, 7) is 4.25. The zero-order chi connectivity index (χ0) is 12.1. The zero-order valence-electron chi connectivity index (χ0n) is 10.3. The van der Waals surface area contributed by atoms with Crippen LogP contribution in [0.2, 0.25) is 0 Å². The maximum atomic E-state index is 6.28. The van der Waals surface area contributed by atoms with Crippen molar-refractivity contribution in [2.24, 2.45) is 11.7 Å². The predicted octanol–water partition coefficient (Wildman–Crippen LogP) is 1.91. The summed E-state index contributed by atoms with van der Waals surface area (Å²) in [5, 5.41) is 0. The average molecular weight is 236 g/mol. The third-order valence-corrected chi connectivity index (χ3v) is 3.20. The van der Waals surface area contributed by atoms with E-state index in [4.69, 9.17) is 15.2 Å². The van der Waals surface area contributed by atoms with Crippen molar-refractivity contribution in [2.45, 2.75) is 25.8 Å². The molecule has 0 bridgehead atoms. The van der Waals surface area contributed by atoms with Gasteiger partial charge in [-0.15, -0.1) is 0 Å². The molecule has 0 aromatic carbocycles. The van der Waals surface area contributed by atoms with Gasteiger partial charge in [0, 0.05) is 25.5 Å². The van der Waals surface area contributed by atoms with Crippen molar-refractivity contribution in [3.8, 4) is 5.75 Å². The van der Waals surface area contributed by atoms with Crippen LogP contribution >= 0.6 is 0 Å². The number of aromatic nitrogens is 1. The fourth-order valence-electron chi connectivity index (χ4n) is 2.21. The van der Waals surface area contributed by atoms with E-state index in [2.05, 4.69) is 4.98 Å². The van der Waals surface area contributed by atoms with Gasteiger partial charge in [0.25, 0.3) is 0 Å². The maximum Gasteiger partial charge on any atom is 0.137 e. The highest BCUT2D eigenvalue weighted by Gasteiger charge is 2.22. The standard InChI is InChI=1S/C13H20N2O2/c1-2-17-12-7-11(8-15-9-12)13(14)10-3-5-16-6-4-10/h7-10,13H,2-6,14H2,1H3. The van der Waals surface area contributed by atoms with Crippen LogP contribution in [-0.4, -0.2) is 24.8 Å². The summed E-state index contributed by atoms with van der Waals surface area (Å²) in [6.07, 6.45) is 5.62. The van der Waals surface area contributed by atoms with Crippen molar-refractivity contribution in [3.05, 3.63) is 24.0 Å². The Morgan fingerprint density at radius 1 is 1.47 bits per heavy atom. The highest BCUT2D eigenvalue weighted by Crippen LogP contribution is 2.29. The first-order chi connectivity index (χ1) is 8.31. The van der Waals surface area contributed by atoms with Crippen LogP contribution in [0.25, 0.3) is 0 Å². The third-order valence-electron chi connectivity index (χ3n) is 3.20. The minimum absolute atomic E-state index is 0.0341. The molecule has 0 amide bonds. The molecule has 1 unspecified atom stereocenters. The summed E-state index contributed by atoms with van der Waals surface area (Å²) in [6, 6.07) is 2.03. The molecule has 1 aromatic rings. The molecule has 94 valence electrons. The zero-order valence-corrected chi connectivity index (χ0v) is 10.3. The van der Waals surface area contributed by atoms with E-state index in [-0.39, 0.29) is 6.04 Å². The Hall–Kier alpha value is -1.13.